The zero-order chi connectivity index (χ0) is 14.0. The van der Waals surface area contributed by atoms with Gasteiger partial charge in [0.15, 0.2) is 0 Å². The molecule has 1 saturated carbocycles. The fraction of sp³-hybridized carbons (Fsp3) is 0.625. The number of pyridine rings is 1. The van der Waals surface area contributed by atoms with E-state index in [1.54, 1.807) is 6.20 Å². The second-order valence-electron chi connectivity index (χ2n) is 6.34. The summed E-state index contributed by atoms with van der Waals surface area (Å²) in [5.41, 5.74) is 1.19. The second kappa shape index (κ2) is 8.14. The lowest BCUT2D eigenvalue weighted by Gasteiger charge is -2.36. The van der Waals surface area contributed by atoms with Crippen LogP contribution in [0, 0.1) is 11.3 Å². The van der Waals surface area contributed by atoms with Crippen LogP contribution in [0.3, 0.4) is 0 Å². The minimum absolute atomic E-state index is 0. The van der Waals surface area contributed by atoms with Crippen molar-refractivity contribution < 1.29 is 9.90 Å². The van der Waals surface area contributed by atoms with Crippen molar-refractivity contribution >= 4 is 30.8 Å². The number of hydrogen-bond acceptors (Lipinski definition) is 3. The lowest BCUT2D eigenvalue weighted by Crippen LogP contribution is -2.36. The molecule has 0 bridgehead atoms. The molecule has 1 aromatic rings. The Morgan fingerprint density at radius 1 is 1.32 bits per heavy atom. The van der Waals surface area contributed by atoms with Crippen LogP contribution in [0.5, 0.6) is 0 Å². The van der Waals surface area contributed by atoms with Gasteiger partial charge in [0.05, 0.1) is 5.92 Å². The van der Waals surface area contributed by atoms with Crippen LogP contribution in [-0.2, 0) is 11.3 Å². The molecule has 1 aromatic heterocycles. The van der Waals surface area contributed by atoms with Crippen molar-refractivity contribution in [3.63, 3.8) is 0 Å². The van der Waals surface area contributed by atoms with Gasteiger partial charge in [-0.15, -0.1) is 24.8 Å². The van der Waals surface area contributed by atoms with Crippen molar-refractivity contribution in [2.75, 3.05) is 13.1 Å². The highest BCUT2D eigenvalue weighted by atomic mass is 35.5. The fourth-order valence-electron chi connectivity index (χ4n) is 4.04. The summed E-state index contributed by atoms with van der Waals surface area (Å²) in [6, 6.07) is 4.01. The highest BCUT2D eigenvalue weighted by Crippen LogP contribution is 2.47. The van der Waals surface area contributed by atoms with E-state index >= 15 is 0 Å². The zero-order valence-corrected chi connectivity index (χ0v) is 14.2. The first-order chi connectivity index (χ1) is 9.70. The Kier molecular flexibility index (Phi) is 7.10. The van der Waals surface area contributed by atoms with Gasteiger partial charge in [-0.2, -0.15) is 0 Å². The molecule has 1 N–H and O–H groups in total. The third-order valence-corrected chi connectivity index (χ3v) is 4.99. The molecule has 1 spiro atoms. The Bertz CT molecular complexity index is 478. The SMILES string of the molecule is Cl.Cl.O=C(O)C1CN(Cc2cccnc2)CC12CCCCC2. The van der Waals surface area contributed by atoms with E-state index < -0.39 is 5.97 Å². The zero-order valence-electron chi connectivity index (χ0n) is 12.6. The monoisotopic (exact) mass is 346 g/mol. The van der Waals surface area contributed by atoms with Crippen molar-refractivity contribution in [3.8, 4) is 0 Å². The first-order valence-electron chi connectivity index (χ1n) is 7.54. The number of carboxylic acid groups (broad SMARTS) is 1. The number of hydrogen-bond donors (Lipinski definition) is 1. The number of nitrogens with zero attached hydrogens (tertiary/aromatic N) is 2. The second-order valence-corrected chi connectivity index (χ2v) is 6.34. The van der Waals surface area contributed by atoms with Crippen molar-refractivity contribution in [2.24, 2.45) is 11.3 Å². The van der Waals surface area contributed by atoms with Crippen LogP contribution >= 0.6 is 24.8 Å². The largest absolute Gasteiger partial charge is 0.481 e. The average molecular weight is 347 g/mol. The molecule has 0 radical (unpaired) electrons. The van der Waals surface area contributed by atoms with E-state index in [4.69, 9.17) is 0 Å². The van der Waals surface area contributed by atoms with Gasteiger partial charge in [0.2, 0.25) is 0 Å². The Hall–Kier alpha value is -0.840. The number of rotatable bonds is 3. The van der Waals surface area contributed by atoms with E-state index in [0.717, 1.165) is 25.9 Å². The van der Waals surface area contributed by atoms with Gasteiger partial charge in [-0.05, 0) is 29.9 Å². The Morgan fingerprint density at radius 3 is 2.64 bits per heavy atom. The van der Waals surface area contributed by atoms with Crippen molar-refractivity contribution in [2.45, 2.75) is 38.6 Å². The van der Waals surface area contributed by atoms with Gasteiger partial charge in [0.1, 0.15) is 0 Å². The summed E-state index contributed by atoms with van der Waals surface area (Å²) in [5.74, 6) is -0.806. The van der Waals surface area contributed by atoms with Gasteiger partial charge in [-0.1, -0.05) is 25.3 Å². The molecule has 1 aliphatic carbocycles. The van der Waals surface area contributed by atoms with E-state index in [1.165, 1.54) is 24.8 Å². The summed E-state index contributed by atoms with van der Waals surface area (Å²) >= 11 is 0. The molecule has 3 rings (SSSR count). The topological polar surface area (TPSA) is 53.4 Å². The van der Waals surface area contributed by atoms with Crippen molar-refractivity contribution in [1.82, 2.24) is 9.88 Å². The third-order valence-electron chi connectivity index (χ3n) is 4.99. The third kappa shape index (κ3) is 3.92. The summed E-state index contributed by atoms with van der Waals surface area (Å²) in [5, 5.41) is 9.58. The molecule has 1 unspecified atom stereocenters. The van der Waals surface area contributed by atoms with Crippen molar-refractivity contribution in [1.29, 1.82) is 0 Å². The molecular weight excluding hydrogens is 323 g/mol. The van der Waals surface area contributed by atoms with Gasteiger partial charge in [0.25, 0.3) is 0 Å². The summed E-state index contributed by atoms with van der Waals surface area (Å²) in [6.07, 6.45) is 9.44. The molecule has 1 atom stereocenters. The van der Waals surface area contributed by atoms with Gasteiger partial charge < -0.3 is 5.11 Å². The predicted octanol–water partition coefficient (Wildman–Crippen LogP) is 3.39. The van der Waals surface area contributed by atoms with E-state index in [0.29, 0.717) is 6.54 Å². The van der Waals surface area contributed by atoms with Crippen LogP contribution in [0.1, 0.15) is 37.7 Å². The van der Waals surface area contributed by atoms with Crippen LogP contribution in [-0.4, -0.2) is 34.0 Å². The average Bonchev–Trinajstić information content (AvgIpc) is 2.79. The molecular formula is C16H24Cl2N2O2. The maximum absolute atomic E-state index is 11.6. The molecule has 2 fully saturated rings. The fourth-order valence-corrected chi connectivity index (χ4v) is 4.04. The van der Waals surface area contributed by atoms with E-state index in [-0.39, 0.29) is 36.1 Å². The number of halogens is 2. The molecule has 124 valence electrons. The van der Waals surface area contributed by atoms with Crippen LogP contribution in [0.25, 0.3) is 0 Å². The Balaban J connectivity index is 0.00000121. The highest BCUT2D eigenvalue weighted by Gasteiger charge is 2.50. The first-order valence-corrected chi connectivity index (χ1v) is 7.54. The van der Waals surface area contributed by atoms with Gasteiger partial charge >= 0.3 is 5.97 Å². The maximum atomic E-state index is 11.6. The summed E-state index contributed by atoms with van der Waals surface area (Å²) in [6.45, 7) is 2.43. The lowest BCUT2D eigenvalue weighted by molar-refractivity contribution is -0.145. The summed E-state index contributed by atoms with van der Waals surface area (Å²) in [4.78, 5) is 18.1. The number of carbonyl (C=O) groups is 1. The van der Waals surface area contributed by atoms with E-state index in [9.17, 15) is 9.90 Å². The number of aromatic nitrogens is 1. The molecule has 1 saturated heterocycles. The normalized spacial score (nSPS) is 23.5. The lowest BCUT2D eigenvalue weighted by atomic mass is 9.68. The minimum Gasteiger partial charge on any atom is -0.481 e. The quantitative estimate of drug-likeness (QED) is 0.911. The van der Waals surface area contributed by atoms with Gasteiger partial charge in [0, 0.05) is 32.0 Å². The van der Waals surface area contributed by atoms with E-state index in [1.807, 2.05) is 12.3 Å². The Labute approximate surface area is 144 Å². The highest BCUT2D eigenvalue weighted by molar-refractivity contribution is 5.85. The number of carboxylic acids is 1. The molecule has 1 aliphatic heterocycles. The van der Waals surface area contributed by atoms with Crippen molar-refractivity contribution in [3.05, 3.63) is 30.1 Å². The molecule has 0 amide bonds. The molecule has 4 nitrogen and oxygen atoms in total. The smallest absolute Gasteiger partial charge is 0.308 e. The minimum atomic E-state index is -0.611. The molecule has 22 heavy (non-hydrogen) atoms. The molecule has 6 heteroatoms. The van der Waals surface area contributed by atoms with E-state index in [2.05, 4.69) is 16.0 Å². The standard InChI is InChI=1S/C16H22N2O2.2ClH/c19-15(20)14-11-18(10-13-5-4-8-17-9-13)12-16(14)6-2-1-3-7-16;;/h4-5,8-9,14H,1-3,6-7,10-12H2,(H,19,20);2*1H. The summed E-state index contributed by atoms with van der Waals surface area (Å²) < 4.78 is 0. The number of likely N-dealkylation sites (tertiary alicyclic amines) is 1. The van der Waals surface area contributed by atoms with Crippen LogP contribution < -0.4 is 0 Å². The predicted molar refractivity (Wildman–Crippen MR) is 90.7 cm³/mol. The van der Waals surface area contributed by atoms with Gasteiger partial charge in [-0.3, -0.25) is 14.7 Å². The molecule has 2 heterocycles. The molecule has 0 aromatic carbocycles. The molecule has 2 aliphatic rings. The van der Waals surface area contributed by atoms with Crippen LogP contribution in [0.2, 0.25) is 0 Å². The maximum Gasteiger partial charge on any atom is 0.308 e. The first kappa shape index (κ1) is 19.2. The summed E-state index contributed by atoms with van der Waals surface area (Å²) in [7, 11) is 0. The van der Waals surface area contributed by atoms with Crippen LogP contribution in [0.4, 0.5) is 0 Å². The Morgan fingerprint density at radius 2 is 2.05 bits per heavy atom. The van der Waals surface area contributed by atoms with Gasteiger partial charge in [-0.25, -0.2) is 0 Å². The van der Waals surface area contributed by atoms with Crippen LogP contribution in [0.15, 0.2) is 24.5 Å². The number of aliphatic carboxylic acids is 1.